The van der Waals surface area contributed by atoms with Gasteiger partial charge in [-0.1, -0.05) is 6.07 Å². The predicted molar refractivity (Wildman–Crippen MR) is 65.2 cm³/mol. The third-order valence-electron chi connectivity index (χ3n) is 2.66. The summed E-state index contributed by atoms with van der Waals surface area (Å²) < 4.78 is 13.7. The number of aliphatic hydroxyl groups is 1. The van der Waals surface area contributed by atoms with Gasteiger partial charge in [0.05, 0.1) is 18.6 Å². The van der Waals surface area contributed by atoms with Crippen LogP contribution >= 0.6 is 0 Å². The molecule has 0 saturated heterocycles. The Balaban J connectivity index is 3.10. The minimum Gasteiger partial charge on any atom is -0.389 e. The average Bonchev–Trinajstić information content (AvgIpc) is 2.29. The molecule has 0 radical (unpaired) electrons. The highest BCUT2D eigenvalue weighted by Crippen LogP contribution is 2.28. The van der Waals surface area contributed by atoms with E-state index in [0.29, 0.717) is 30.8 Å². The Morgan fingerprint density at radius 1 is 1.53 bits per heavy atom. The van der Waals surface area contributed by atoms with Crippen LogP contribution < -0.4 is 4.90 Å². The molecule has 0 bridgehead atoms. The fourth-order valence-corrected chi connectivity index (χ4v) is 1.85. The quantitative estimate of drug-likeness (QED) is 0.854. The first-order valence-corrected chi connectivity index (χ1v) is 5.70. The van der Waals surface area contributed by atoms with Crippen LogP contribution in [0.2, 0.25) is 0 Å². The van der Waals surface area contributed by atoms with E-state index in [9.17, 15) is 9.50 Å². The third kappa shape index (κ3) is 3.18. The average molecular weight is 236 g/mol. The van der Waals surface area contributed by atoms with Gasteiger partial charge in [-0.05, 0) is 26.0 Å². The zero-order valence-electron chi connectivity index (χ0n) is 10.2. The van der Waals surface area contributed by atoms with Gasteiger partial charge in [0.25, 0.3) is 0 Å². The van der Waals surface area contributed by atoms with Crippen LogP contribution in [0.3, 0.4) is 0 Å². The molecule has 4 heteroatoms. The molecule has 0 aromatic heterocycles. The van der Waals surface area contributed by atoms with Crippen LogP contribution in [-0.2, 0) is 0 Å². The van der Waals surface area contributed by atoms with Crippen LogP contribution in [0.25, 0.3) is 0 Å². The molecule has 1 aromatic rings. The highest BCUT2D eigenvalue weighted by atomic mass is 19.1. The summed E-state index contributed by atoms with van der Waals surface area (Å²) in [6.07, 6.45) is -0.480. The van der Waals surface area contributed by atoms with Gasteiger partial charge >= 0.3 is 0 Å². The van der Waals surface area contributed by atoms with Gasteiger partial charge in [-0.2, -0.15) is 5.26 Å². The van der Waals surface area contributed by atoms with Crippen molar-refractivity contribution in [3.63, 3.8) is 0 Å². The fourth-order valence-electron chi connectivity index (χ4n) is 1.85. The van der Waals surface area contributed by atoms with Gasteiger partial charge in [-0.3, -0.25) is 0 Å². The fraction of sp³-hybridized carbons (Fsp3) is 0.462. The third-order valence-corrected chi connectivity index (χ3v) is 2.66. The maximum atomic E-state index is 13.7. The molecule has 0 fully saturated rings. The summed E-state index contributed by atoms with van der Waals surface area (Å²) in [5, 5.41) is 18.2. The summed E-state index contributed by atoms with van der Waals surface area (Å²) in [4.78, 5) is 1.90. The van der Waals surface area contributed by atoms with Crippen molar-refractivity contribution in [1.82, 2.24) is 0 Å². The minimum absolute atomic E-state index is 0.298. The lowest BCUT2D eigenvalue weighted by molar-refractivity contribution is 0.194. The maximum Gasteiger partial charge on any atom is 0.131 e. The van der Waals surface area contributed by atoms with Gasteiger partial charge in [0.1, 0.15) is 5.82 Å². The highest BCUT2D eigenvalue weighted by molar-refractivity contribution is 5.55. The van der Waals surface area contributed by atoms with E-state index in [0.717, 1.165) is 0 Å². The van der Waals surface area contributed by atoms with Crippen LogP contribution in [-0.4, -0.2) is 18.2 Å². The minimum atomic E-state index is -0.859. The Kier molecular flexibility index (Phi) is 4.92. The van der Waals surface area contributed by atoms with E-state index in [-0.39, 0.29) is 0 Å². The number of hydrogen-bond acceptors (Lipinski definition) is 3. The second-order valence-electron chi connectivity index (χ2n) is 3.84. The summed E-state index contributed by atoms with van der Waals surface area (Å²) in [7, 11) is 0. The first-order chi connectivity index (χ1) is 8.11. The van der Waals surface area contributed by atoms with E-state index in [2.05, 4.69) is 6.07 Å². The molecule has 17 heavy (non-hydrogen) atoms. The summed E-state index contributed by atoms with van der Waals surface area (Å²) in [6.45, 7) is 4.69. The Labute approximate surface area is 101 Å². The van der Waals surface area contributed by atoms with E-state index < -0.39 is 11.9 Å². The van der Waals surface area contributed by atoms with Crippen molar-refractivity contribution in [3.8, 4) is 6.07 Å². The van der Waals surface area contributed by atoms with Crippen LogP contribution in [0.4, 0.5) is 10.1 Å². The van der Waals surface area contributed by atoms with Crippen LogP contribution in [0, 0.1) is 17.1 Å². The number of anilines is 1. The van der Waals surface area contributed by atoms with E-state index in [1.807, 2.05) is 11.8 Å². The number of aliphatic hydroxyl groups excluding tert-OH is 1. The van der Waals surface area contributed by atoms with Crippen molar-refractivity contribution < 1.29 is 9.50 Å². The maximum absolute atomic E-state index is 13.7. The summed E-state index contributed by atoms with van der Waals surface area (Å²) in [5.41, 5.74) is 0.963. The van der Waals surface area contributed by atoms with Gasteiger partial charge in [0, 0.05) is 24.3 Å². The lowest BCUT2D eigenvalue weighted by atomic mass is 10.1. The van der Waals surface area contributed by atoms with Crippen molar-refractivity contribution in [1.29, 1.82) is 5.26 Å². The molecule has 0 aliphatic rings. The number of nitrogens with zero attached hydrogens (tertiary/aromatic N) is 2. The Bertz CT molecular complexity index is 412. The summed E-state index contributed by atoms with van der Waals surface area (Å²) in [5.74, 6) is -0.409. The Morgan fingerprint density at radius 3 is 2.76 bits per heavy atom. The van der Waals surface area contributed by atoms with Crippen LogP contribution in [0.1, 0.15) is 31.9 Å². The molecule has 0 heterocycles. The Morgan fingerprint density at radius 2 is 2.24 bits per heavy atom. The number of halogens is 1. The van der Waals surface area contributed by atoms with Crippen molar-refractivity contribution >= 4 is 5.69 Å². The van der Waals surface area contributed by atoms with Gasteiger partial charge < -0.3 is 10.0 Å². The molecular weight excluding hydrogens is 219 g/mol. The largest absolute Gasteiger partial charge is 0.389 e. The molecule has 0 saturated carbocycles. The first-order valence-electron chi connectivity index (χ1n) is 5.70. The summed E-state index contributed by atoms with van der Waals surface area (Å²) in [6, 6.07) is 6.79. The zero-order chi connectivity index (χ0) is 12.8. The van der Waals surface area contributed by atoms with Crippen LogP contribution in [0.15, 0.2) is 18.2 Å². The number of hydrogen-bond donors (Lipinski definition) is 1. The highest BCUT2D eigenvalue weighted by Gasteiger charge is 2.17. The van der Waals surface area contributed by atoms with Crippen molar-refractivity contribution in [2.24, 2.45) is 0 Å². The van der Waals surface area contributed by atoms with E-state index in [1.54, 1.807) is 19.1 Å². The molecule has 0 aliphatic carbocycles. The number of rotatable bonds is 5. The second-order valence-corrected chi connectivity index (χ2v) is 3.84. The number of benzene rings is 1. The molecule has 0 aliphatic heterocycles. The Hall–Kier alpha value is -1.60. The van der Waals surface area contributed by atoms with Gasteiger partial charge in [-0.25, -0.2) is 4.39 Å². The SMILES string of the molecule is CCN(CCC#N)c1cccc(F)c1C(C)O. The molecule has 1 aromatic carbocycles. The molecule has 0 spiro atoms. The number of nitriles is 1. The molecule has 0 amide bonds. The lowest BCUT2D eigenvalue weighted by Gasteiger charge is -2.26. The normalized spacial score (nSPS) is 11.9. The molecule has 1 N–H and O–H groups in total. The smallest absolute Gasteiger partial charge is 0.131 e. The van der Waals surface area contributed by atoms with Gasteiger partial charge in [0.15, 0.2) is 0 Å². The second kappa shape index (κ2) is 6.21. The van der Waals surface area contributed by atoms with E-state index in [4.69, 9.17) is 5.26 Å². The van der Waals surface area contributed by atoms with Crippen molar-refractivity contribution in [2.45, 2.75) is 26.4 Å². The van der Waals surface area contributed by atoms with Gasteiger partial charge in [0.2, 0.25) is 0 Å². The molecule has 1 rings (SSSR count). The molecule has 92 valence electrons. The molecular formula is C13H17FN2O. The standard InChI is InChI=1S/C13H17FN2O/c1-3-16(9-5-8-15)12-7-4-6-11(14)13(12)10(2)17/h4,6-7,10,17H,3,5,9H2,1-2H3. The van der Waals surface area contributed by atoms with Gasteiger partial charge in [-0.15, -0.1) is 0 Å². The lowest BCUT2D eigenvalue weighted by Crippen LogP contribution is -2.25. The predicted octanol–water partition coefficient (Wildman–Crippen LogP) is 2.62. The topological polar surface area (TPSA) is 47.3 Å². The summed E-state index contributed by atoms with van der Waals surface area (Å²) >= 11 is 0. The van der Waals surface area contributed by atoms with E-state index >= 15 is 0 Å². The van der Waals surface area contributed by atoms with E-state index in [1.165, 1.54) is 6.07 Å². The monoisotopic (exact) mass is 236 g/mol. The zero-order valence-corrected chi connectivity index (χ0v) is 10.2. The molecule has 1 unspecified atom stereocenters. The van der Waals surface area contributed by atoms with Crippen LogP contribution in [0.5, 0.6) is 0 Å². The van der Waals surface area contributed by atoms with Crippen molar-refractivity contribution in [3.05, 3.63) is 29.6 Å². The molecule has 1 atom stereocenters. The van der Waals surface area contributed by atoms with Crippen molar-refractivity contribution in [2.75, 3.05) is 18.0 Å². The molecule has 3 nitrogen and oxygen atoms in total. The first kappa shape index (κ1) is 13.5.